The molecule has 1 aliphatic rings. The molecule has 0 spiro atoms. The highest BCUT2D eigenvalue weighted by atomic mass is 127. The van der Waals surface area contributed by atoms with Crippen molar-refractivity contribution in [2.45, 2.75) is 30.8 Å². The zero-order valence-corrected chi connectivity index (χ0v) is 12.2. The van der Waals surface area contributed by atoms with E-state index in [4.69, 9.17) is 0 Å². The number of halogens is 1. The summed E-state index contributed by atoms with van der Waals surface area (Å²) in [5, 5.41) is 0. The molecule has 1 aliphatic heterocycles. The van der Waals surface area contributed by atoms with E-state index >= 15 is 0 Å². The first-order valence-corrected chi connectivity index (χ1v) is 8.11. The van der Waals surface area contributed by atoms with Crippen molar-refractivity contribution in [1.82, 2.24) is 4.31 Å². The van der Waals surface area contributed by atoms with Crippen LogP contribution in [0.2, 0.25) is 0 Å². The largest absolute Gasteiger partial charge is 0.243 e. The summed E-state index contributed by atoms with van der Waals surface area (Å²) in [5.41, 5.74) is 1.07. The molecule has 5 heteroatoms. The molecule has 0 aliphatic carbocycles. The number of sulfonamides is 1. The van der Waals surface area contributed by atoms with E-state index in [1.54, 1.807) is 16.4 Å². The molecule has 1 aromatic rings. The van der Waals surface area contributed by atoms with Crippen LogP contribution in [0.15, 0.2) is 29.2 Å². The SMILES string of the molecule is Cc1ccc(S(=O)(=O)N2[C@@H](C)[C@@H]2CI)cc1. The molecule has 0 bridgehead atoms. The summed E-state index contributed by atoms with van der Waals surface area (Å²) in [5.74, 6) is 0. The van der Waals surface area contributed by atoms with Crippen LogP contribution >= 0.6 is 22.6 Å². The van der Waals surface area contributed by atoms with E-state index in [-0.39, 0.29) is 12.1 Å². The van der Waals surface area contributed by atoms with Crippen LogP contribution in [0.1, 0.15) is 12.5 Å². The van der Waals surface area contributed by atoms with Crippen LogP contribution < -0.4 is 0 Å². The molecular weight excluding hydrogens is 337 g/mol. The van der Waals surface area contributed by atoms with Gasteiger partial charge in [-0.05, 0) is 26.0 Å². The average Bonchev–Trinajstić information content (AvgIpc) is 2.90. The summed E-state index contributed by atoms with van der Waals surface area (Å²) in [7, 11) is -3.26. The summed E-state index contributed by atoms with van der Waals surface area (Å²) in [6.45, 7) is 3.90. The maximum Gasteiger partial charge on any atom is 0.243 e. The minimum absolute atomic E-state index is 0.142. The molecule has 88 valence electrons. The first-order valence-electron chi connectivity index (χ1n) is 5.14. The highest BCUT2D eigenvalue weighted by molar-refractivity contribution is 14.1. The second kappa shape index (κ2) is 4.27. The van der Waals surface area contributed by atoms with E-state index < -0.39 is 10.0 Å². The van der Waals surface area contributed by atoms with Crippen molar-refractivity contribution in [3.8, 4) is 0 Å². The summed E-state index contributed by atoms with van der Waals surface area (Å²) < 4.78 is 26.9. The molecular formula is C11H14INO2S. The fourth-order valence-corrected chi connectivity index (χ4v) is 5.09. The van der Waals surface area contributed by atoms with Crippen molar-refractivity contribution in [3.63, 3.8) is 0 Å². The lowest BCUT2D eigenvalue weighted by Crippen LogP contribution is -2.15. The van der Waals surface area contributed by atoms with Crippen LogP contribution in [0.3, 0.4) is 0 Å². The lowest BCUT2D eigenvalue weighted by atomic mass is 10.2. The van der Waals surface area contributed by atoms with Gasteiger partial charge in [-0.3, -0.25) is 0 Å². The van der Waals surface area contributed by atoms with Gasteiger partial charge in [-0.1, -0.05) is 40.3 Å². The van der Waals surface area contributed by atoms with E-state index in [1.165, 1.54) is 0 Å². The molecule has 0 N–H and O–H groups in total. The quantitative estimate of drug-likeness (QED) is 0.476. The standard InChI is InChI=1S/C11H14INO2S/c1-8-3-5-10(6-4-8)16(14,15)13-9(2)11(13)7-12/h3-6,9,11H,7H2,1-2H3/t9-,11-,13?/m0/s1. The molecule has 3 atom stereocenters. The number of rotatable bonds is 3. The third-order valence-corrected chi connectivity index (χ3v) is 5.88. The van der Waals surface area contributed by atoms with Crippen molar-refractivity contribution in [3.05, 3.63) is 29.8 Å². The molecule has 1 fully saturated rings. The van der Waals surface area contributed by atoms with Crippen LogP contribution in [0.25, 0.3) is 0 Å². The average molecular weight is 351 g/mol. The van der Waals surface area contributed by atoms with Crippen LogP contribution in [-0.2, 0) is 10.0 Å². The summed E-state index contributed by atoms with van der Waals surface area (Å²) in [6, 6.07) is 7.34. The number of aryl methyl sites for hydroxylation is 1. The van der Waals surface area contributed by atoms with Gasteiger partial charge in [0.1, 0.15) is 0 Å². The Hall–Kier alpha value is -0.140. The normalized spacial score (nSPS) is 29.1. The second-order valence-electron chi connectivity index (χ2n) is 4.11. The van der Waals surface area contributed by atoms with Gasteiger partial charge >= 0.3 is 0 Å². The third-order valence-electron chi connectivity index (χ3n) is 2.95. The van der Waals surface area contributed by atoms with E-state index in [0.29, 0.717) is 4.90 Å². The Morgan fingerprint density at radius 1 is 1.31 bits per heavy atom. The zero-order valence-electron chi connectivity index (χ0n) is 9.22. The van der Waals surface area contributed by atoms with Crippen LogP contribution in [-0.4, -0.2) is 29.2 Å². The number of hydrogen-bond acceptors (Lipinski definition) is 2. The minimum atomic E-state index is -3.26. The van der Waals surface area contributed by atoms with Crippen LogP contribution in [0.4, 0.5) is 0 Å². The maximum absolute atomic E-state index is 12.2. The van der Waals surface area contributed by atoms with Gasteiger partial charge in [-0.15, -0.1) is 0 Å². The van der Waals surface area contributed by atoms with E-state index in [1.807, 2.05) is 26.0 Å². The van der Waals surface area contributed by atoms with Crippen molar-refractivity contribution in [1.29, 1.82) is 0 Å². The molecule has 0 radical (unpaired) electrons. The lowest BCUT2D eigenvalue weighted by Gasteiger charge is -2.06. The Morgan fingerprint density at radius 2 is 1.88 bits per heavy atom. The van der Waals surface area contributed by atoms with Gasteiger partial charge in [0.2, 0.25) is 10.0 Å². The zero-order chi connectivity index (χ0) is 11.9. The van der Waals surface area contributed by atoms with E-state index in [0.717, 1.165) is 9.99 Å². The Morgan fingerprint density at radius 3 is 2.31 bits per heavy atom. The first-order chi connectivity index (χ1) is 7.48. The molecule has 3 nitrogen and oxygen atoms in total. The number of alkyl halides is 1. The highest BCUT2D eigenvalue weighted by Gasteiger charge is 2.51. The van der Waals surface area contributed by atoms with Gasteiger partial charge in [0.25, 0.3) is 0 Å². The van der Waals surface area contributed by atoms with Crippen LogP contribution in [0, 0.1) is 6.92 Å². The van der Waals surface area contributed by atoms with Gasteiger partial charge in [-0.25, -0.2) is 8.42 Å². The van der Waals surface area contributed by atoms with Crippen molar-refractivity contribution in [2.75, 3.05) is 4.43 Å². The number of benzene rings is 1. The van der Waals surface area contributed by atoms with Gasteiger partial charge in [0.05, 0.1) is 10.9 Å². The van der Waals surface area contributed by atoms with Gasteiger partial charge in [0, 0.05) is 10.5 Å². The predicted octanol–water partition coefficient (Wildman–Crippen LogP) is 2.19. The van der Waals surface area contributed by atoms with Crippen LogP contribution in [0.5, 0.6) is 0 Å². The smallest absolute Gasteiger partial charge is 0.207 e. The van der Waals surface area contributed by atoms with Gasteiger partial charge in [0.15, 0.2) is 0 Å². The molecule has 0 aromatic heterocycles. The van der Waals surface area contributed by atoms with Gasteiger partial charge in [-0.2, -0.15) is 4.31 Å². The summed E-state index contributed by atoms with van der Waals surface area (Å²) in [6.07, 6.45) is 0. The Kier molecular flexibility index (Phi) is 3.29. The number of nitrogens with zero attached hydrogens (tertiary/aromatic N) is 1. The highest BCUT2D eigenvalue weighted by Crippen LogP contribution is 2.36. The molecule has 0 amide bonds. The minimum Gasteiger partial charge on any atom is -0.207 e. The Bertz CT molecular complexity index is 483. The van der Waals surface area contributed by atoms with Gasteiger partial charge < -0.3 is 0 Å². The summed E-state index contributed by atoms with van der Waals surface area (Å²) in [4.78, 5) is 0.400. The fraction of sp³-hybridized carbons (Fsp3) is 0.455. The fourth-order valence-electron chi connectivity index (χ4n) is 1.81. The molecule has 0 saturated carbocycles. The maximum atomic E-state index is 12.2. The molecule has 1 saturated heterocycles. The number of hydrogen-bond donors (Lipinski definition) is 0. The van der Waals surface area contributed by atoms with Crippen molar-refractivity contribution in [2.24, 2.45) is 0 Å². The molecule has 2 rings (SSSR count). The van der Waals surface area contributed by atoms with E-state index in [9.17, 15) is 8.42 Å². The Labute approximate surface area is 110 Å². The third kappa shape index (κ3) is 2.00. The topological polar surface area (TPSA) is 37.1 Å². The molecule has 16 heavy (non-hydrogen) atoms. The monoisotopic (exact) mass is 351 g/mol. The molecule has 1 aromatic carbocycles. The Balaban J connectivity index is 2.31. The first kappa shape index (κ1) is 12.3. The van der Waals surface area contributed by atoms with E-state index in [2.05, 4.69) is 22.6 Å². The molecule has 1 unspecified atom stereocenters. The van der Waals surface area contributed by atoms with Crippen molar-refractivity contribution < 1.29 is 8.42 Å². The predicted molar refractivity (Wildman–Crippen MR) is 72.3 cm³/mol. The van der Waals surface area contributed by atoms with Crippen molar-refractivity contribution >= 4 is 32.6 Å². The molecule has 1 heterocycles. The summed E-state index contributed by atoms with van der Waals surface area (Å²) >= 11 is 2.23. The second-order valence-corrected chi connectivity index (χ2v) is 6.83. The lowest BCUT2D eigenvalue weighted by molar-refractivity contribution is 0.550.